The third-order valence-corrected chi connectivity index (χ3v) is 9.01. The maximum absolute atomic E-state index is 10.0. The lowest BCUT2D eigenvalue weighted by Crippen LogP contribution is -2.18. The van der Waals surface area contributed by atoms with Gasteiger partial charge in [-0.25, -0.2) is 0 Å². The molecule has 0 spiro atoms. The Kier molecular flexibility index (Phi) is 9.16. The molecule has 0 radical (unpaired) electrons. The summed E-state index contributed by atoms with van der Waals surface area (Å²) in [6.07, 6.45) is 4.09. The summed E-state index contributed by atoms with van der Waals surface area (Å²) in [7, 11) is 2.14. The number of rotatable bonds is 9. The average molecular weight is 558 g/mol. The lowest BCUT2D eigenvalue weighted by molar-refractivity contribution is 0.331. The Hall–Kier alpha value is -3.85. The lowest BCUT2D eigenvalue weighted by Gasteiger charge is -2.18. The molecule has 2 aliphatic heterocycles. The Bertz CT molecular complexity index is 1600. The van der Waals surface area contributed by atoms with Gasteiger partial charge in [0.25, 0.3) is 0 Å². The van der Waals surface area contributed by atoms with Crippen LogP contribution in [0.15, 0.2) is 69.8 Å². The van der Waals surface area contributed by atoms with Crippen LogP contribution in [0.2, 0.25) is 0 Å². The molecular weight excluding hydrogens is 514 g/mol. The summed E-state index contributed by atoms with van der Waals surface area (Å²) >= 11 is 0. The van der Waals surface area contributed by atoms with Crippen molar-refractivity contribution in [3.8, 4) is 17.2 Å². The first kappa shape index (κ1) is 29.6. The van der Waals surface area contributed by atoms with Crippen molar-refractivity contribution >= 4 is 18.1 Å². The van der Waals surface area contributed by atoms with Gasteiger partial charge in [0.2, 0.25) is 0 Å². The summed E-state index contributed by atoms with van der Waals surface area (Å²) in [6, 6.07) is 19.8. The van der Waals surface area contributed by atoms with Gasteiger partial charge in [0.1, 0.15) is 0 Å². The number of benzene rings is 3. The molecular formula is C37H43N5. The Morgan fingerprint density at radius 1 is 0.952 bits per heavy atom. The van der Waals surface area contributed by atoms with Gasteiger partial charge in [-0.15, -0.1) is 0 Å². The predicted octanol–water partition coefficient (Wildman–Crippen LogP) is 7.58. The van der Waals surface area contributed by atoms with Gasteiger partial charge in [-0.1, -0.05) is 36.4 Å². The summed E-state index contributed by atoms with van der Waals surface area (Å²) in [5.74, 6) is 0. The first-order valence-corrected chi connectivity index (χ1v) is 15.1. The normalized spacial score (nSPS) is 16.3. The summed E-state index contributed by atoms with van der Waals surface area (Å²) < 4.78 is 0. The Morgan fingerprint density at radius 2 is 1.67 bits per heavy atom. The van der Waals surface area contributed by atoms with Crippen molar-refractivity contribution < 1.29 is 0 Å². The number of likely N-dealkylation sites (N-methyl/N-ethyl adjacent to an activating group) is 1. The van der Waals surface area contributed by atoms with E-state index in [4.69, 9.17) is 4.99 Å². The summed E-state index contributed by atoms with van der Waals surface area (Å²) in [5.41, 5.74) is 14.8. The van der Waals surface area contributed by atoms with Gasteiger partial charge in [-0.3, -0.25) is 19.8 Å². The Morgan fingerprint density at radius 3 is 2.33 bits per heavy atom. The lowest BCUT2D eigenvalue weighted by atomic mass is 9.88. The van der Waals surface area contributed by atoms with Gasteiger partial charge in [-0.2, -0.15) is 5.26 Å². The van der Waals surface area contributed by atoms with Crippen molar-refractivity contribution in [2.24, 2.45) is 9.98 Å². The van der Waals surface area contributed by atoms with Crippen molar-refractivity contribution in [2.45, 2.75) is 59.9 Å². The molecule has 216 valence electrons. The second-order valence-electron chi connectivity index (χ2n) is 12.1. The highest BCUT2D eigenvalue weighted by atomic mass is 15.1. The van der Waals surface area contributed by atoms with Crippen LogP contribution < -0.4 is 0 Å². The van der Waals surface area contributed by atoms with Crippen LogP contribution in [-0.2, 0) is 19.4 Å². The van der Waals surface area contributed by atoms with Gasteiger partial charge in [0, 0.05) is 25.3 Å². The largest absolute Gasteiger partial charge is 0.299 e. The fourth-order valence-corrected chi connectivity index (χ4v) is 6.67. The SMILES string of the molecule is C=Nc1cc(CN2CCCC2)cc(C#N)c1CCc1cccc(-c2cccc(/C(C)=N/C3=C(C)CN(C)C3)c2C)c1C. The number of nitriles is 1. The molecule has 0 amide bonds. The van der Waals surface area contributed by atoms with Crippen LogP contribution in [0, 0.1) is 25.2 Å². The molecule has 42 heavy (non-hydrogen) atoms. The number of aryl methyl sites for hydroxylation is 1. The van der Waals surface area contributed by atoms with E-state index in [1.54, 1.807) is 0 Å². The zero-order valence-electron chi connectivity index (χ0n) is 25.9. The molecule has 0 unspecified atom stereocenters. The zero-order chi connectivity index (χ0) is 29.8. The number of likely N-dealkylation sites (tertiary alicyclic amines) is 1. The van der Waals surface area contributed by atoms with Crippen molar-refractivity contribution in [1.29, 1.82) is 5.26 Å². The number of hydrogen-bond acceptors (Lipinski definition) is 5. The van der Waals surface area contributed by atoms with Crippen LogP contribution in [0.3, 0.4) is 0 Å². The molecule has 5 nitrogen and oxygen atoms in total. The minimum atomic E-state index is 0.722. The van der Waals surface area contributed by atoms with Gasteiger partial charge in [0.05, 0.1) is 23.0 Å². The average Bonchev–Trinajstić information content (AvgIpc) is 3.60. The maximum atomic E-state index is 10.0. The third-order valence-electron chi connectivity index (χ3n) is 9.01. The molecule has 5 rings (SSSR count). The van der Waals surface area contributed by atoms with E-state index in [-0.39, 0.29) is 0 Å². The van der Waals surface area contributed by atoms with Crippen LogP contribution in [0.5, 0.6) is 0 Å². The molecule has 5 heteroatoms. The minimum absolute atomic E-state index is 0.722. The fourth-order valence-electron chi connectivity index (χ4n) is 6.67. The van der Waals surface area contributed by atoms with Crippen LogP contribution in [0.4, 0.5) is 5.69 Å². The predicted molar refractivity (Wildman–Crippen MR) is 176 cm³/mol. The second kappa shape index (κ2) is 13.0. The smallest absolute Gasteiger partial charge is 0.0995 e. The van der Waals surface area contributed by atoms with Gasteiger partial charge in [-0.05, 0) is 142 Å². The van der Waals surface area contributed by atoms with Crippen molar-refractivity contribution in [3.05, 3.63) is 98.7 Å². The first-order valence-electron chi connectivity index (χ1n) is 15.1. The van der Waals surface area contributed by atoms with E-state index in [1.807, 2.05) is 0 Å². The highest BCUT2D eigenvalue weighted by Gasteiger charge is 2.18. The topological polar surface area (TPSA) is 55.0 Å². The number of nitrogens with zero attached hydrogens (tertiary/aromatic N) is 5. The molecule has 0 saturated carbocycles. The molecule has 0 bridgehead atoms. The van der Waals surface area contributed by atoms with Gasteiger partial charge >= 0.3 is 0 Å². The summed E-state index contributed by atoms with van der Waals surface area (Å²) in [5, 5.41) is 10.0. The Balaban J connectivity index is 1.40. The van der Waals surface area contributed by atoms with E-state index >= 15 is 0 Å². The Labute approximate surface area is 251 Å². The standard InChI is InChI=1S/C37H43N5/c1-25-22-41(6)24-37(25)40-28(4)32-12-10-14-34(27(32)3)33-13-9-11-30(26(33)2)15-16-35-31(21-38)19-29(20-36(35)39-5)23-42-17-7-8-18-42/h9-14,19-20H,5,7-8,15-18,22-24H2,1-4,6H3/b40-28+. The number of hydrogen-bond donors (Lipinski definition) is 0. The fraction of sp³-hybridized carbons (Fsp3) is 0.378. The van der Waals surface area contributed by atoms with Crippen molar-refractivity contribution in [3.63, 3.8) is 0 Å². The minimum Gasteiger partial charge on any atom is -0.299 e. The molecule has 2 heterocycles. The highest BCUT2D eigenvalue weighted by Crippen LogP contribution is 2.33. The molecule has 3 aromatic carbocycles. The summed E-state index contributed by atoms with van der Waals surface area (Å²) in [6.45, 7) is 17.6. The monoisotopic (exact) mass is 557 g/mol. The van der Waals surface area contributed by atoms with E-state index in [0.717, 1.165) is 73.7 Å². The second-order valence-corrected chi connectivity index (χ2v) is 12.1. The van der Waals surface area contributed by atoms with E-state index in [2.05, 4.69) is 111 Å². The quantitative estimate of drug-likeness (QED) is 0.255. The van der Waals surface area contributed by atoms with E-state index in [1.165, 1.54) is 57.5 Å². The van der Waals surface area contributed by atoms with Gasteiger partial charge < -0.3 is 0 Å². The third kappa shape index (κ3) is 6.31. The molecule has 0 aliphatic carbocycles. The molecule has 0 N–H and O–H groups in total. The van der Waals surface area contributed by atoms with Crippen LogP contribution in [0.25, 0.3) is 11.1 Å². The van der Waals surface area contributed by atoms with Crippen LogP contribution in [-0.4, -0.2) is 55.5 Å². The van der Waals surface area contributed by atoms with Crippen molar-refractivity contribution in [1.82, 2.24) is 9.80 Å². The molecule has 0 aromatic heterocycles. The zero-order valence-corrected chi connectivity index (χ0v) is 25.9. The molecule has 1 saturated heterocycles. The van der Waals surface area contributed by atoms with E-state index in [9.17, 15) is 5.26 Å². The molecule has 3 aromatic rings. The van der Waals surface area contributed by atoms with E-state index in [0.29, 0.717) is 0 Å². The van der Waals surface area contributed by atoms with Crippen LogP contribution in [0.1, 0.15) is 65.6 Å². The maximum Gasteiger partial charge on any atom is 0.0995 e. The molecule has 2 aliphatic rings. The highest BCUT2D eigenvalue weighted by molar-refractivity contribution is 6.02. The first-order chi connectivity index (χ1) is 20.3. The molecule has 0 atom stereocenters. The summed E-state index contributed by atoms with van der Waals surface area (Å²) in [4.78, 5) is 14.2. The van der Waals surface area contributed by atoms with Crippen LogP contribution >= 0.6 is 0 Å². The van der Waals surface area contributed by atoms with Crippen molar-refractivity contribution in [2.75, 3.05) is 33.2 Å². The van der Waals surface area contributed by atoms with E-state index < -0.39 is 0 Å². The number of aliphatic imine (C=N–C) groups is 2. The van der Waals surface area contributed by atoms with Gasteiger partial charge in [0.15, 0.2) is 0 Å². The molecule has 1 fully saturated rings.